The summed E-state index contributed by atoms with van der Waals surface area (Å²) in [6.07, 6.45) is 0. The molecule has 2 aliphatic rings. The van der Waals surface area contributed by atoms with Crippen LogP contribution < -0.4 is 43.8 Å². The van der Waals surface area contributed by atoms with Crippen molar-refractivity contribution in [2.45, 2.75) is 0 Å². The Morgan fingerprint density at radius 3 is 1.16 bits per heavy atom. The van der Waals surface area contributed by atoms with E-state index in [0.29, 0.717) is 38.0 Å². The molecule has 2 heterocycles. The van der Waals surface area contributed by atoms with Crippen molar-refractivity contribution in [3.63, 3.8) is 0 Å². The van der Waals surface area contributed by atoms with E-state index in [4.69, 9.17) is 0 Å². The van der Waals surface area contributed by atoms with Crippen molar-refractivity contribution < 1.29 is 62.9 Å². The lowest BCUT2D eigenvalue weighted by Gasteiger charge is -2.10. The minimum absolute atomic E-state index is 0. The number of hydrogen-bond acceptors (Lipinski definition) is 4. The first-order chi connectivity index (χ1) is 14.1. The van der Waals surface area contributed by atoms with E-state index in [9.17, 15) is 19.2 Å². The standard InChI is InChI=1S/C18H6Br6N2O4.2BrH/c19-7-3-5-9(13(23)11(7)21)17(29)25(15(5)27)1-2-26-16(28)6-4-8(20)12(22)14(24)10(6)18(26)30;;/h3-4H,1-2H2;2*1H. The van der Waals surface area contributed by atoms with Gasteiger partial charge in [-0.1, -0.05) is 0 Å². The lowest BCUT2D eigenvalue weighted by Crippen LogP contribution is -3.23. The number of benzene rings is 2. The van der Waals surface area contributed by atoms with Gasteiger partial charge in [-0.2, -0.15) is 9.80 Å². The highest BCUT2D eigenvalue weighted by Gasteiger charge is 2.48. The van der Waals surface area contributed by atoms with Crippen LogP contribution in [0.3, 0.4) is 0 Å². The van der Waals surface area contributed by atoms with Crippen molar-refractivity contribution in [1.82, 2.24) is 0 Å². The van der Waals surface area contributed by atoms with Gasteiger partial charge in [-0.15, -0.1) is 0 Å². The molecule has 2 aliphatic heterocycles. The van der Waals surface area contributed by atoms with Gasteiger partial charge in [0.1, 0.15) is 24.2 Å². The highest BCUT2D eigenvalue weighted by molar-refractivity contribution is 9.15. The van der Waals surface area contributed by atoms with Gasteiger partial charge in [0.15, 0.2) is 0 Å². The van der Waals surface area contributed by atoms with Crippen molar-refractivity contribution in [2.24, 2.45) is 0 Å². The number of quaternary nitrogens is 2. The molecular weight excluding hydrogens is 947 g/mol. The van der Waals surface area contributed by atoms with Crippen LogP contribution in [0.1, 0.15) is 41.4 Å². The fourth-order valence-corrected chi connectivity index (χ4v) is 6.76. The molecular formula is C18H8Br8N2O4. The molecule has 0 saturated carbocycles. The maximum atomic E-state index is 12.9. The quantitative estimate of drug-likeness (QED) is 0.261. The van der Waals surface area contributed by atoms with Crippen LogP contribution in [0.15, 0.2) is 39.0 Å². The van der Waals surface area contributed by atoms with E-state index in [1.165, 1.54) is 0 Å². The van der Waals surface area contributed by atoms with Crippen LogP contribution in [-0.4, -0.2) is 36.7 Å². The number of carbonyl (C=O) groups is 4. The molecule has 0 fully saturated rings. The number of nitrogens with one attached hydrogen (secondary N) is 2. The van der Waals surface area contributed by atoms with Gasteiger partial charge < -0.3 is 34.0 Å². The van der Waals surface area contributed by atoms with E-state index < -0.39 is 11.8 Å². The normalized spacial score (nSPS) is 18.9. The molecule has 2 atom stereocenters. The van der Waals surface area contributed by atoms with E-state index >= 15 is 0 Å². The molecule has 0 bridgehead atoms. The third-order valence-electron chi connectivity index (χ3n) is 4.99. The van der Waals surface area contributed by atoms with Crippen molar-refractivity contribution in [1.29, 1.82) is 0 Å². The van der Waals surface area contributed by atoms with Crippen LogP contribution in [0.25, 0.3) is 0 Å². The van der Waals surface area contributed by atoms with Crippen molar-refractivity contribution in [3.8, 4) is 0 Å². The van der Waals surface area contributed by atoms with Gasteiger partial charge in [-0.3, -0.25) is 0 Å². The summed E-state index contributed by atoms with van der Waals surface area (Å²) >= 11 is 20.2. The van der Waals surface area contributed by atoms with E-state index in [-0.39, 0.29) is 79.8 Å². The first-order valence-electron chi connectivity index (χ1n) is 8.31. The monoisotopic (exact) mass is 947 g/mol. The average molecular weight is 956 g/mol. The van der Waals surface area contributed by atoms with Gasteiger partial charge in [0.2, 0.25) is 0 Å². The Labute approximate surface area is 253 Å². The first-order valence-corrected chi connectivity index (χ1v) is 13.1. The molecule has 32 heavy (non-hydrogen) atoms. The van der Waals surface area contributed by atoms with Crippen molar-refractivity contribution >= 4 is 119 Å². The van der Waals surface area contributed by atoms with E-state index in [1.54, 1.807) is 12.1 Å². The maximum absolute atomic E-state index is 12.9. The SMILES string of the molecule is O=C1c2cc(Br)c(Br)c(Br)c2C(=O)[NH+]1CC[NH+]1C(=O)c2cc(Br)c(Br)c(Br)c2C1=O.[Br-].[Br-]. The second-order valence-corrected chi connectivity index (χ2v) is 11.5. The summed E-state index contributed by atoms with van der Waals surface area (Å²) in [7, 11) is 0. The Hall–Kier alpha value is 0.880. The number of hydrogen-bond donors (Lipinski definition) is 2. The molecule has 2 aromatic carbocycles. The first kappa shape index (κ1) is 29.1. The number of amides is 4. The number of fused-ring (bicyclic) bond motifs is 2. The second kappa shape index (κ2) is 10.9. The molecule has 14 heteroatoms. The highest BCUT2D eigenvalue weighted by atomic mass is 79.9. The summed E-state index contributed by atoms with van der Waals surface area (Å²) in [5.74, 6) is -1.55. The second-order valence-electron chi connectivity index (χ2n) is 6.59. The van der Waals surface area contributed by atoms with Crippen LogP contribution in [-0.2, 0) is 0 Å². The molecule has 0 saturated heterocycles. The minimum atomic E-state index is -0.391. The molecule has 4 amide bonds. The number of carbonyl (C=O) groups excluding carboxylic acids is 4. The van der Waals surface area contributed by atoms with Crippen LogP contribution in [0, 0.1) is 0 Å². The van der Waals surface area contributed by atoms with Gasteiger partial charge in [0.25, 0.3) is 0 Å². The summed E-state index contributed by atoms with van der Waals surface area (Å²) in [5.41, 5.74) is 1.17. The molecule has 170 valence electrons. The maximum Gasteiger partial charge on any atom is 0.354 e. The molecule has 0 aromatic heterocycles. The summed E-state index contributed by atoms with van der Waals surface area (Å²) in [4.78, 5) is 51.6. The Morgan fingerprint density at radius 1 is 0.531 bits per heavy atom. The number of rotatable bonds is 3. The molecule has 0 radical (unpaired) electrons. The highest BCUT2D eigenvalue weighted by Crippen LogP contribution is 2.38. The zero-order valence-corrected chi connectivity index (χ0v) is 27.9. The Bertz CT molecular complexity index is 1120. The Kier molecular flexibility index (Phi) is 9.89. The van der Waals surface area contributed by atoms with E-state index in [2.05, 4.69) is 95.6 Å². The summed E-state index contributed by atoms with van der Waals surface area (Å²) < 4.78 is 3.54. The zero-order chi connectivity index (χ0) is 22.1. The van der Waals surface area contributed by atoms with Gasteiger partial charge in [-0.25, -0.2) is 19.2 Å². The molecule has 0 aliphatic carbocycles. The van der Waals surface area contributed by atoms with Crippen LogP contribution in [0.4, 0.5) is 0 Å². The number of halogens is 8. The third-order valence-corrected chi connectivity index (χ3v) is 11.6. The molecule has 0 spiro atoms. The van der Waals surface area contributed by atoms with Gasteiger partial charge >= 0.3 is 23.6 Å². The summed E-state index contributed by atoms with van der Waals surface area (Å²) in [6, 6.07) is 3.19. The Morgan fingerprint density at radius 2 is 0.844 bits per heavy atom. The Balaban J connectivity index is 0.00000181. The van der Waals surface area contributed by atoms with Gasteiger partial charge in [-0.05, 0) is 108 Å². The third kappa shape index (κ3) is 4.55. The van der Waals surface area contributed by atoms with Gasteiger partial charge in [0, 0.05) is 17.9 Å². The molecule has 2 aromatic rings. The lowest BCUT2D eigenvalue weighted by atomic mass is 10.1. The summed E-state index contributed by atoms with van der Waals surface area (Å²) in [5, 5.41) is 0. The fraction of sp³-hybridized carbons (Fsp3) is 0.111. The van der Waals surface area contributed by atoms with Crippen LogP contribution in [0.5, 0.6) is 0 Å². The fourth-order valence-electron chi connectivity index (χ4n) is 3.53. The molecule has 2 unspecified atom stereocenters. The smallest absolute Gasteiger partial charge is 0.354 e. The van der Waals surface area contributed by atoms with Gasteiger partial charge in [0.05, 0.1) is 20.1 Å². The van der Waals surface area contributed by atoms with Crippen LogP contribution in [0.2, 0.25) is 0 Å². The topological polar surface area (TPSA) is 77.2 Å². The molecule has 2 N–H and O–H groups in total. The molecule has 6 nitrogen and oxygen atoms in total. The predicted octanol–water partition coefficient (Wildman–Crippen LogP) is -2.67. The molecule has 4 rings (SSSR count). The predicted molar refractivity (Wildman–Crippen MR) is 128 cm³/mol. The largest absolute Gasteiger partial charge is 1.00 e. The summed E-state index contributed by atoms with van der Waals surface area (Å²) in [6.45, 7) is 0.0174. The van der Waals surface area contributed by atoms with E-state index in [0.717, 1.165) is 0 Å². The number of imide groups is 2. The van der Waals surface area contributed by atoms with Crippen molar-refractivity contribution in [3.05, 3.63) is 61.2 Å². The minimum Gasteiger partial charge on any atom is -1.00 e. The lowest BCUT2D eigenvalue weighted by molar-refractivity contribution is -0.786. The van der Waals surface area contributed by atoms with Crippen LogP contribution >= 0.6 is 95.6 Å². The van der Waals surface area contributed by atoms with E-state index in [1.807, 2.05) is 0 Å². The van der Waals surface area contributed by atoms with Crippen molar-refractivity contribution in [2.75, 3.05) is 13.1 Å². The average Bonchev–Trinajstić information content (AvgIpc) is 3.07. The zero-order valence-electron chi connectivity index (χ0n) is 15.2.